The number of aromatic nitrogens is 2. The van der Waals surface area contributed by atoms with Crippen LogP contribution in [0.4, 0.5) is 11.6 Å². The zero-order chi connectivity index (χ0) is 19.9. The van der Waals surface area contributed by atoms with Gasteiger partial charge in [-0.25, -0.2) is 9.97 Å². The number of benzene rings is 2. The summed E-state index contributed by atoms with van der Waals surface area (Å²) in [6, 6.07) is 13.9. The molecule has 0 aliphatic carbocycles. The first-order valence-electron chi connectivity index (χ1n) is 9.13. The number of anilines is 2. The van der Waals surface area contributed by atoms with E-state index in [1.54, 1.807) is 7.11 Å². The van der Waals surface area contributed by atoms with Crippen LogP contribution in [-0.2, 0) is 6.42 Å². The minimum atomic E-state index is -0.193. The quantitative estimate of drug-likeness (QED) is 0.656. The normalized spacial score (nSPS) is 10.4. The van der Waals surface area contributed by atoms with E-state index in [4.69, 9.17) is 4.74 Å². The lowest BCUT2D eigenvalue weighted by molar-refractivity contribution is 0.0953. The van der Waals surface area contributed by atoms with Crippen molar-refractivity contribution >= 4 is 17.5 Å². The third kappa shape index (κ3) is 4.85. The molecule has 144 valence electrons. The lowest BCUT2D eigenvalue weighted by atomic mass is 10.1. The minimum absolute atomic E-state index is 0.193. The average Bonchev–Trinajstić information content (AvgIpc) is 2.71. The van der Waals surface area contributed by atoms with Gasteiger partial charge < -0.3 is 15.4 Å². The van der Waals surface area contributed by atoms with Crippen LogP contribution in [-0.4, -0.2) is 29.5 Å². The molecule has 0 spiro atoms. The molecule has 0 saturated heterocycles. The summed E-state index contributed by atoms with van der Waals surface area (Å²) < 4.78 is 5.21. The van der Waals surface area contributed by atoms with Gasteiger partial charge in [0, 0.05) is 24.6 Å². The molecule has 1 heterocycles. The third-order valence-corrected chi connectivity index (χ3v) is 4.47. The van der Waals surface area contributed by atoms with Gasteiger partial charge in [0.15, 0.2) is 0 Å². The lowest BCUT2D eigenvalue weighted by Crippen LogP contribution is -2.26. The first-order valence-corrected chi connectivity index (χ1v) is 9.13. The van der Waals surface area contributed by atoms with Crippen LogP contribution in [0.25, 0.3) is 0 Å². The predicted molar refractivity (Wildman–Crippen MR) is 110 cm³/mol. The zero-order valence-electron chi connectivity index (χ0n) is 16.3. The number of methoxy groups -OCH3 is 1. The number of rotatable bonds is 7. The van der Waals surface area contributed by atoms with Gasteiger partial charge in [-0.2, -0.15) is 0 Å². The Kier molecular flexibility index (Phi) is 6.22. The van der Waals surface area contributed by atoms with E-state index in [0.717, 1.165) is 34.5 Å². The Hall–Kier alpha value is -3.41. The van der Waals surface area contributed by atoms with Crippen molar-refractivity contribution in [3.8, 4) is 5.75 Å². The van der Waals surface area contributed by atoms with E-state index in [1.807, 2.05) is 56.3 Å². The van der Waals surface area contributed by atoms with Gasteiger partial charge in [0.2, 0.25) is 5.95 Å². The highest BCUT2D eigenvalue weighted by Gasteiger charge is 2.09. The van der Waals surface area contributed by atoms with E-state index in [9.17, 15) is 4.79 Å². The second-order valence-corrected chi connectivity index (χ2v) is 6.54. The first-order chi connectivity index (χ1) is 13.6. The molecular formula is C22H24N4O2. The van der Waals surface area contributed by atoms with Crippen molar-refractivity contribution in [1.82, 2.24) is 15.3 Å². The number of aryl methyl sites for hydroxylation is 2. The standard InChI is InChI=1S/C22H24N4O2/c1-15-6-4-7-16(2)20(15)26-22-24-13-18(14-25-22)21(27)23-11-10-17-8-5-9-19(12-17)28-3/h4-9,12-14H,10-11H2,1-3H3,(H,23,27)(H,24,25,26). The Labute approximate surface area is 165 Å². The summed E-state index contributed by atoms with van der Waals surface area (Å²) in [6.45, 7) is 4.58. The van der Waals surface area contributed by atoms with Crippen molar-refractivity contribution in [3.63, 3.8) is 0 Å². The molecule has 0 radical (unpaired) electrons. The van der Waals surface area contributed by atoms with Crippen LogP contribution in [0.2, 0.25) is 0 Å². The van der Waals surface area contributed by atoms with Gasteiger partial charge in [0.1, 0.15) is 5.75 Å². The largest absolute Gasteiger partial charge is 0.497 e. The van der Waals surface area contributed by atoms with Gasteiger partial charge in [0.25, 0.3) is 5.91 Å². The van der Waals surface area contributed by atoms with E-state index in [0.29, 0.717) is 18.1 Å². The summed E-state index contributed by atoms with van der Waals surface area (Å²) >= 11 is 0. The summed E-state index contributed by atoms with van der Waals surface area (Å²) in [7, 11) is 1.64. The molecule has 0 aliphatic rings. The van der Waals surface area contributed by atoms with E-state index in [2.05, 4.69) is 20.6 Å². The Morgan fingerprint density at radius 1 is 1.04 bits per heavy atom. The number of ether oxygens (including phenoxy) is 1. The Morgan fingerprint density at radius 3 is 2.39 bits per heavy atom. The van der Waals surface area contributed by atoms with Gasteiger partial charge in [-0.3, -0.25) is 4.79 Å². The number of amides is 1. The summed E-state index contributed by atoms with van der Waals surface area (Å²) in [5, 5.41) is 6.11. The second-order valence-electron chi connectivity index (χ2n) is 6.54. The van der Waals surface area contributed by atoms with Crippen LogP contribution in [0.15, 0.2) is 54.9 Å². The second kappa shape index (κ2) is 8.99. The summed E-state index contributed by atoms with van der Waals surface area (Å²) in [6.07, 6.45) is 3.78. The van der Waals surface area contributed by atoms with Crippen LogP contribution < -0.4 is 15.4 Å². The molecule has 3 rings (SSSR count). The molecule has 0 bridgehead atoms. The highest BCUT2D eigenvalue weighted by molar-refractivity contribution is 5.93. The molecule has 28 heavy (non-hydrogen) atoms. The van der Waals surface area contributed by atoms with Crippen molar-refractivity contribution in [3.05, 3.63) is 77.1 Å². The average molecular weight is 376 g/mol. The molecule has 1 amide bonds. The van der Waals surface area contributed by atoms with Crippen molar-refractivity contribution in [2.45, 2.75) is 20.3 Å². The Morgan fingerprint density at radius 2 is 1.71 bits per heavy atom. The number of carbonyl (C=O) groups is 1. The lowest BCUT2D eigenvalue weighted by Gasteiger charge is -2.11. The Balaban J connectivity index is 1.56. The van der Waals surface area contributed by atoms with Crippen molar-refractivity contribution in [2.24, 2.45) is 0 Å². The molecule has 0 saturated carbocycles. The van der Waals surface area contributed by atoms with E-state index < -0.39 is 0 Å². The number of nitrogens with zero attached hydrogens (tertiary/aromatic N) is 2. The third-order valence-electron chi connectivity index (χ3n) is 4.47. The maximum atomic E-state index is 12.3. The van der Waals surface area contributed by atoms with E-state index in [1.165, 1.54) is 12.4 Å². The van der Waals surface area contributed by atoms with Crippen molar-refractivity contribution < 1.29 is 9.53 Å². The molecule has 6 nitrogen and oxygen atoms in total. The van der Waals surface area contributed by atoms with Crippen LogP contribution in [0.5, 0.6) is 5.75 Å². The molecule has 0 atom stereocenters. The van der Waals surface area contributed by atoms with Gasteiger partial charge in [-0.05, 0) is 49.1 Å². The summed E-state index contributed by atoms with van der Waals surface area (Å²) in [5.74, 6) is 1.08. The maximum absolute atomic E-state index is 12.3. The summed E-state index contributed by atoms with van der Waals surface area (Å²) in [4.78, 5) is 20.8. The van der Waals surface area contributed by atoms with E-state index >= 15 is 0 Å². The van der Waals surface area contributed by atoms with Crippen LogP contribution in [0, 0.1) is 13.8 Å². The van der Waals surface area contributed by atoms with Crippen LogP contribution >= 0.6 is 0 Å². The molecule has 6 heteroatoms. The fourth-order valence-electron chi connectivity index (χ4n) is 2.88. The molecule has 2 aromatic carbocycles. The number of nitrogens with one attached hydrogen (secondary N) is 2. The summed E-state index contributed by atoms with van der Waals surface area (Å²) in [5.41, 5.74) is 4.74. The van der Waals surface area contributed by atoms with Crippen LogP contribution in [0.1, 0.15) is 27.0 Å². The van der Waals surface area contributed by atoms with Crippen molar-refractivity contribution in [2.75, 3.05) is 19.0 Å². The van der Waals surface area contributed by atoms with Gasteiger partial charge in [-0.1, -0.05) is 30.3 Å². The number of hydrogen-bond acceptors (Lipinski definition) is 5. The molecule has 0 aliphatic heterocycles. The maximum Gasteiger partial charge on any atom is 0.254 e. The number of para-hydroxylation sites is 1. The predicted octanol–water partition coefficient (Wildman–Crippen LogP) is 3.82. The van der Waals surface area contributed by atoms with Crippen molar-refractivity contribution in [1.29, 1.82) is 0 Å². The van der Waals surface area contributed by atoms with Gasteiger partial charge in [0.05, 0.1) is 12.7 Å². The minimum Gasteiger partial charge on any atom is -0.497 e. The molecule has 3 aromatic rings. The Bertz CT molecular complexity index is 935. The van der Waals surface area contributed by atoms with Gasteiger partial charge >= 0.3 is 0 Å². The first kappa shape index (κ1) is 19.4. The highest BCUT2D eigenvalue weighted by Crippen LogP contribution is 2.22. The molecular weight excluding hydrogens is 352 g/mol. The number of carbonyl (C=O) groups excluding carboxylic acids is 1. The molecule has 2 N–H and O–H groups in total. The molecule has 0 unspecified atom stereocenters. The smallest absolute Gasteiger partial charge is 0.254 e. The monoisotopic (exact) mass is 376 g/mol. The molecule has 1 aromatic heterocycles. The van der Waals surface area contributed by atoms with Gasteiger partial charge in [-0.15, -0.1) is 0 Å². The fraction of sp³-hybridized carbons (Fsp3) is 0.227. The number of hydrogen-bond donors (Lipinski definition) is 2. The van der Waals surface area contributed by atoms with Crippen LogP contribution in [0.3, 0.4) is 0 Å². The van der Waals surface area contributed by atoms with E-state index in [-0.39, 0.29) is 5.91 Å². The topological polar surface area (TPSA) is 76.1 Å². The molecule has 0 fully saturated rings. The zero-order valence-corrected chi connectivity index (χ0v) is 16.3. The SMILES string of the molecule is COc1cccc(CCNC(=O)c2cnc(Nc3c(C)cccc3C)nc2)c1. The fourth-order valence-corrected chi connectivity index (χ4v) is 2.88. The highest BCUT2D eigenvalue weighted by atomic mass is 16.5.